The van der Waals surface area contributed by atoms with Gasteiger partial charge in [-0.2, -0.15) is 0 Å². The summed E-state index contributed by atoms with van der Waals surface area (Å²) in [7, 11) is 1.33. The summed E-state index contributed by atoms with van der Waals surface area (Å²) in [5, 5.41) is 0. The van der Waals surface area contributed by atoms with Crippen molar-refractivity contribution >= 4 is 5.97 Å². The van der Waals surface area contributed by atoms with E-state index >= 15 is 0 Å². The summed E-state index contributed by atoms with van der Waals surface area (Å²) in [6, 6.07) is 17.9. The molecule has 4 heteroatoms. The predicted octanol–water partition coefficient (Wildman–Crippen LogP) is 2.54. The minimum atomic E-state index is -0.401. The largest absolute Gasteiger partial charge is 0.467 e. The van der Waals surface area contributed by atoms with Crippen molar-refractivity contribution < 1.29 is 14.3 Å². The number of methoxy groups -OCH3 is 1. The van der Waals surface area contributed by atoms with Crippen LogP contribution in [0.4, 0.5) is 0 Å². The summed E-state index contributed by atoms with van der Waals surface area (Å²) in [4.78, 5) is 10.9. The molecule has 2 aromatic carbocycles. The molecule has 21 heavy (non-hydrogen) atoms. The first-order valence-corrected chi connectivity index (χ1v) is 6.76. The molecule has 4 nitrogen and oxygen atoms in total. The Bertz CT molecular complexity index is 566. The molecule has 0 aromatic heterocycles. The number of benzene rings is 2. The van der Waals surface area contributed by atoms with Gasteiger partial charge in [-0.15, -0.1) is 0 Å². The van der Waals surface area contributed by atoms with Crippen LogP contribution >= 0.6 is 0 Å². The van der Waals surface area contributed by atoms with E-state index in [9.17, 15) is 4.79 Å². The zero-order valence-corrected chi connectivity index (χ0v) is 12.0. The number of carbonyl (C=O) groups is 1. The molecule has 0 spiro atoms. The summed E-state index contributed by atoms with van der Waals surface area (Å²) in [6.45, 7) is 0.200. The molecule has 1 unspecified atom stereocenters. The number of ether oxygens (including phenoxy) is 2. The van der Waals surface area contributed by atoms with Crippen LogP contribution in [0.3, 0.4) is 0 Å². The Morgan fingerprint density at radius 3 is 2.29 bits per heavy atom. The molecule has 0 aliphatic rings. The minimum absolute atomic E-state index is 0.0771. The number of hydrogen-bond acceptors (Lipinski definition) is 4. The summed E-state index contributed by atoms with van der Waals surface area (Å²) >= 11 is 0. The van der Waals surface area contributed by atoms with Crippen molar-refractivity contribution in [3.8, 4) is 11.1 Å². The fraction of sp³-hybridized carbons (Fsp3) is 0.235. The van der Waals surface area contributed by atoms with Crippen LogP contribution in [-0.2, 0) is 14.3 Å². The van der Waals surface area contributed by atoms with Crippen LogP contribution in [0.5, 0.6) is 0 Å². The van der Waals surface area contributed by atoms with Crippen molar-refractivity contribution in [3.63, 3.8) is 0 Å². The quantitative estimate of drug-likeness (QED) is 0.829. The highest BCUT2D eigenvalue weighted by Gasteiger charge is 2.08. The Morgan fingerprint density at radius 1 is 1.05 bits per heavy atom. The zero-order valence-electron chi connectivity index (χ0n) is 12.0. The van der Waals surface area contributed by atoms with Gasteiger partial charge >= 0.3 is 5.97 Å². The van der Waals surface area contributed by atoms with Crippen LogP contribution in [0.1, 0.15) is 11.6 Å². The summed E-state index contributed by atoms with van der Waals surface area (Å²) in [5.74, 6) is -0.401. The van der Waals surface area contributed by atoms with E-state index in [1.807, 2.05) is 42.5 Å². The van der Waals surface area contributed by atoms with Gasteiger partial charge in [0.2, 0.25) is 0 Å². The summed E-state index contributed by atoms with van der Waals surface area (Å²) in [5.41, 5.74) is 9.31. The van der Waals surface area contributed by atoms with Crippen molar-refractivity contribution in [2.75, 3.05) is 20.3 Å². The molecule has 2 N–H and O–H groups in total. The molecule has 0 aliphatic carbocycles. The third kappa shape index (κ3) is 4.41. The molecule has 0 bridgehead atoms. The van der Waals surface area contributed by atoms with Gasteiger partial charge in [0.15, 0.2) is 0 Å². The molecule has 0 radical (unpaired) electrons. The smallest absolute Gasteiger partial charge is 0.331 e. The van der Waals surface area contributed by atoms with Gasteiger partial charge in [-0.1, -0.05) is 54.6 Å². The van der Waals surface area contributed by atoms with E-state index in [1.54, 1.807) is 0 Å². The fourth-order valence-electron chi connectivity index (χ4n) is 1.98. The second-order valence-corrected chi connectivity index (χ2v) is 4.69. The molecule has 0 heterocycles. The highest BCUT2D eigenvalue weighted by atomic mass is 16.6. The number of rotatable bonds is 6. The average Bonchev–Trinajstić information content (AvgIpc) is 2.55. The molecule has 0 saturated carbocycles. The number of esters is 1. The second kappa shape index (κ2) is 7.57. The Hall–Kier alpha value is -2.17. The van der Waals surface area contributed by atoms with Gasteiger partial charge in [0.1, 0.15) is 6.61 Å². The van der Waals surface area contributed by atoms with Gasteiger partial charge in [0.05, 0.1) is 19.8 Å². The zero-order chi connectivity index (χ0) is 15.1. The fourth-order valence-corrected chi connectivity index (χ4v) is 1.98. The maximum atomic E-state index is 10.9. The van der Waals surface area contributed by atoms with Crippen LogP contribution in [-0.4, -0.2) is 26.3 Å². The average molecular weight is 285 g/mol. The highest BCUT2D eigenvalue weighted by molar-refractivity contribution is 5.70. The topological polar surface area (TPSA) is 61.5 Å². The molecule has 0 amide bonds. The second-order valence-electron chi connectivity index (χ2n) is 4.69. The molecule has 0 fully saturated rings. The lowest BCUT2D eigenvalue weighted by atomic mass is 10.0. The van der Waals surface area contributed by atoms with E-state index in [1.165, 1.54) is 12.7 Å². The van der Waals surface area contributed by atoms with E-state index < -0.39 is 5.97 Å². The van der Waals surface area contributed by atoms with Crippen molar-refractivity contribution in [3.05, 3.63) is 60.2 Å². The molecular weight excluding hydrogens is 266 g/mol. The van der Waals surface area contributed by atoms with E-state index in [-0.39, 0.29) is 19.3 Å². The first-order valence-electron chi connectivity index (χ1n) is 6.76. The lowest BCUT2D eigenvalue weighted by molar-refractivity contribution is -0.146. The van der Waals surface area contributed by atoms with Gasteiger partial charge in [-0.3, -0.25) is 0 Å². The SMILES string of the molecule is COC(=O)COCC(N)c1ccc(-c2ccccc2)cc1. The Kier molecular flexibility index (Phi) is 5.49. The third-order valence-electron chi connectivity index (χ3n) is 3.19. The molecule has 2 aromatic rings. The number of hydrogen-bond donors (Lipinski definition) is 1. The van der Waals surface area contributed by atoms with Crippen molar-refractivity contribution in [2.45, 2.75) is 6.04 Å². The Labute approximate surface area is 124 Å². The predicted molar refractivity (Wildman–Crippen MR) is 81.6 cm³/mol. The lowest BCUT2D eigenvalue weighted by Gasteiger charge is -2.13. The first-order chi connectivity index (χ1) is 10.2. The van der Waals surface area contributed by atoms with Gasteiger partial charge in [-0.25, -0.2) is 4.79 Å². The Morgan fingerprint density at radius 2 is 1.67 bits per heavy atom. The van der Waals surface area contributed by atoms with Crippen LogP contribution < -0.4 is 5.73 Å². The van der Waals surface area contributed by atoms with Gasteiger partial charge in [-0.05, 0) is 16.7 Å². The van der Waals surface area contributed by atoms with Crippen LogP contribution in [0.15, 0.2) is 54.6 Å². The maximum absolute atomic E-state index is 10.9. The van der Waals surface area contributed by atoms with E-state index in [0.29, 0.717) is 0 Å². The molecule has 0 saturated heterocycles. The summed E-state index contributed by atoms with van der Waals surface area (Å²) in [6.07, 6.45) is 0. The van der Waals surface area contributed by atoms with Crippen molar-refractivity contribution in [1.29, 1.82) is 0 Å². The molecule has 110 valence electrons. The lowest BCUT2D eigenvalue weighted by Crippen LogP contribution is -2.20. The van der Waals surface area contributed by atoms with Gasteiger partial charge in [0.25, 0.3) is 0 Å². The Balaban J connectivity index is 1.94. The van der Waals surface area contributed by atoms with E-state index in [4.69, 9.17) is 10.5 Å². The maximum Gasteiger partial charge on any atom is 0.331 e. The van der Waals surface area contributed by atoms with Crippen molar-refractivity contribution in [1.82, 2.24) is 0 Å². The third-order valence-corrected chi connectivity index (χ3v) is 3.19. The van der Waals surface area contributed by atoms with Crippen molar-refractivity contribution in [2.24, 2.45) is 5.73 Å². The normalized spacial score (nSPS) is 11.9. The first kappa shape index (κ1) is 15.2. The highest BCUT2D eigenvalue weighted by Crippen LogP contribution is 2.21. The standard InChI is InChI=1S/C17H19NO3/c1-20-17(19)12-21-11-16(18)15-9-7-14(8-10-15)13-5-3-2-4-6-13/h2-10,16H,11-12,18H2,1H3. The molecule has 2 rings (SSSR count). The number of nitrogens with two attached hydrogens (primary N) is 1. The molecule has 0 aliphatic heterocycles. The number of carbonyl (C=O) groups excluding carboxylic acids is 1. The van der Waals surface area contributed by atoms with Crippen LogP contribution in [0.25, 0.3) is 11.1 Å². The van der Waals surface area contributed by atoms with Crippen LogP contribution in [0, 0.1) is 0 Å². The van der Waals surface area contributed by atoms with E-state index in [2.05, 4.69) is 16.9 Å². The minimum Gasteiger partial charge on any atom is -0.467 e. The molecular formula is C17H19NO3. The van der Waals surface area contributed by atoms with E-state index in [0.717, 1.165) is 11.1 Å². The van der Waals surface area contributed by atoms with Gasteiger partial charge < -0.3 is 15.2 Å². The van der Waals surface area contributed by atoms with Crippen LogP contribution in [0.2, 0.25) is 0 Å². The monoisotopic (exact) mass is 285 g/mol. The molecule has 1 atom stereocenters. The summed E-state index contributed by atoms with van der Waals surface area (Å²) < 4.78 is 9.72. The van der Waals surface area contributed by atoms with Gasteiger partial charge in [0, 0.05) is 0 Å².